The Balaban J connectivity index is 1.83. The molecule has 4 N–H and O–H groups in total. The zero-order valence-corrected chi connectivity index (χ0v) is 17.4. The van der Waals surface area contributed by atoms with E-state index in [9.17, 15) is 5.11 Å². The molecule has 0 bridgehead atoms. The SMILES string of the molecule is Cc1ncc(O)c(CN)c1-c1c(CN[C@@H](C)c2ccccc2)ccc2ccccc12. The number of aromatic nitrogens is 1. The van der Waals surface area contributed by atoms with Crippen LogP contribution in [0.3, 0.4) is 0 Å². The van der Waals surface area contributed by atoms with Crippen molar-refractivity contribution < 1.29 is 5.11 Å². The van der Waals surface area contributed by atoms with Crippen molar-refractivity contribution in [2.75, 3.05) is 0 Å². The Bertz CT molecular complexity index is 1170. The fraction of sp³-hybridized carbons (Fsp3) is 0.192. The molecule has 4 nitrogen and oxygen atoms in total. The molecule has 0 saturated heterocycles. The van der Waals surface area contributed by atoms with Crippen LogP contribution in [0.2, 0.25) is 0 Å². The molecule has 1 aromatic heterocycles. The number of nitrogens with zero attached hydrogens (tertiary/aromatic N) is 1. The highest BCUT2D eigenvalue weighted by atomic mass is 16.3. The first-order valence-electron chi connectivity index (χ1n) is 10.3. The molecule has 0 radical (unpaired) electrons. The lowest BCUT2D eigenvalue weighted by molar-refractivity contribution is 0.465. The van der Waals surface area contributed by atoms with E-state index in [0.717, 1.165) is 38.7 Å². The van der Waals surface area contributed by atoms with E-state index in [1.807, 2.05) is 25.1 Å². The third kappa shape index (κ3) is 3.80. The average Bonchev–Trinajstić information content (AvgIpc) is 2.79. The van der Waals surface area contributed by atoms with Gasteiger partial charge in [-0.15, -0.1) is 0 Å². The number of benzene rings is 3. The van der Waals surface area contributed by atoms with Gasteiger partial charge in [0.25, 0.3) is 0 Å². The first-order chi connectivity index (χ1) is 14.6. The molecule has 4 rings (SSSR count). The molecular weight excluding hydrogens is 370 g/mol. The second-order valence-corrected chi connectivity index (χ2v) is 7.62. The molecule has 30 heavy (non-hydrogen) atoms. The van der Waals surface area contributed by atoms with Crippen molar-refractivity contribution in [1.82, 2.24) is 10.3 Å². The maximum absolute atomic E-state index is 10.4. The fourth-order valence-electron chi connectivity index (χ4n) is 4.07. The van der Waals surface area contributed by atoms with Gasteiger partial charge in [0, 0.05) is 36.0 Å². The van der Waals surface area contributed by atoms with Crippen LogP contribution < -0.4 is 11.1 Å². The van der Waals surface area contributed by atoms with Crippen molar-refractivity contribution in [3.05, 3.63) is 95.3 Å². The Labute approximate surface area is 177 Å². The van der Waals surface area contributed by atoms with Gasteiger partial charge < -0.3 is 16.2 Å². The number of nitrogens with two attached hydrogens (primary N) is 1. The number of aryl methyl sites for hydroxylation is 1. The molecule has 4 heteroatoms. The lowest BCUT2D eigenvalue weighted by Crippen LogP contribution is -2.18. The van der Waals surface area contributed by atoms with Crippen molar-refractivity contribution in [3.8, 4) is 16.9 Å². The van der Waals surface area contributed by atoms with E-state index in [0.29, 0.717) is 6.54 Å². The summed E-state index contributed by atoms with van der Waals surface area (Å²) in [6, 6.07) is 23.3. The second-order valence-electron chi connectivity index (χ2n) is 7.62. The summed E-state index contributed by atoms with van der Waals surface area (Å²) >= 11 is 0. The minimum atomic E-state index is 0.141. The summed E-state index contributed by atoms with van der Waals surface area (Å²) in [5.41, 5.74) is 12.1. The van der Waals surface area contributed by atoms with Crippen LogP contribution >= 0.6 is 0 Å². The zero-order chi connectivity index (χ0) is 21.1. The quantitative estimate of drug-likeness (QED) is 0.417. The van der Waals surface area contributed by atoms with Gasteiger partial charge in [0.1, 0.15) is 5.75 Å². The molecule has 4 aromatic rings. The molecule has 1 atom stereocenters. The smallest absolute Gasteiger partial charge is 0.138 e. The predicted molar refractivity (Wildman–Crippen MR) is 123 cm³/mol. The van der Waals surface area contributed by atoms with Gasteiger partial charge in [-0.3, -0.25) is 4.98 Å². The van der Waals surface area contributed by atoms with Crippen LogP contribution in [0.1, 0.15) is 35.3 Å². The number of rotatable bonds is 6. The first kappa shape index (κ1) is 20.1. The Morgan fingerprint density at radius 2 is 1.70 bits per heavy atom. The van der Waals surface area contributed by atoms with E-state index >= 15 is 0 Å². The second kappa shape index (κ2) is 8.66. The zero-order valence-electron chi connectivity index (χ0n) is 17.4. The van der Waals surface area contributed by atoms with Crippen molar-refractivity contribution >= 4 is 10.8 Å². The summed E-state index contributed by atoms with van der Waals surface area (Å²) in [7, 11) is 0. The lowest BCUT2D eigenvalue weighted by atomic mass is 9.89. The Hall–Kier alpha value is -3.21. The standard InChI is InChI=1S/C26H27N3O/c1-17(19-8-4-3-5-9-19)28-15-21-13-12-20-10-6-7-11-22(20)26(21)25-18(2)29-16-24(30)23(25)14-27/h3-13,16-17,28,30H,14-15,27H2,1-2H3/t17-/m0/s1. The molecular formula is C26H27N3O. The molecule has 0 aliphatic heterocycles. The number of aromatic hydroxyl groups is 1. The van der Waals surface area contributed by atoms with Gasteiger partial charge in [-0.1, -0.05) is 66.7 Å². The summed E-state index contributed by atoms with van der Waals surface area (Å²) in [4.78, 5) is 4.43. The third-order valence-electron chi connectivity index (χ3n) is 5.72. The fourth-order valence-corrected chi connectivity index (χ4v) is 4.07. The molecule has 0 aliphatic carbocycles. The van der Waals surface area contributed by atoms with Gasteiger partial charge in [0.05, 0.1) is 6.20 Å². The Morgan fingerprint density at radius 3 is 2.47 bits per heavy atom. The highest BCUT2D eigenvalue weighted by Crippen LogP contribution is 2.38. The number of hydrogen-bond acceptors (Lipinski definition) is 4. The molecule has 0 unspecified atom stereocenters. The van der Waals surface area contributed by atoms with Gasteiger partial charge in [0.2, 0.25) is 0 Å². The van der Waals surface area contributed by atoms with Crippen molar-refractivity contribution in [1.29, 1.82) is 0 Å². The van der Waals surface area contributed by atoms with E-state index in [2.05, 4.69) is 65.8 Å². The van der Waals surface area contributed by atoms with E-state index in [1.165, 1.54) is 11.8 Å². The summed E-state index contributed by atoms with van der Waals surface area (Å²) in [5, 5.41) is 16.4. The van der Waals surface area contributed by atoms with E-state index in [-0.39, 0.29) is 18.3 Å². The van der Waals surface area contributed by atoms with Crippen molar-refractivity contribution in [2.45, 2.75) is 33.0 Å². The maximum Gasteiger partial charge on any atom is 0.138 e. The predicted octanol–water partition coefficient (Wildman–Crippen LogP) is 5.23. The molecule has 0 fully saturated rings. The molecule has 0 amide bonds. The molecule has 0 spiro atoms. The average molecular weight is 398 g/mol. The number of hydrogen-bond donors (Lipinski definition) is 3. The van der Waals surface area contributed by atoms with Gasteiger partial charge >= 0.3 is 0 Å². The number of pyridine rings is 1. The largest absolute Gasteiger partial charge is 0.506 e. The van der Waals surface area contributed by atoms with Crippen LogP contribution in [-0.4, -0.2) is 10.1 Å². The third-order valence-corrected chi connectivity index (χ3v) is 5.72. The van der Waals surface area contributed by atoms with Gasteiger partial charge in [0.15, 0.2) is 0 Å². The molecule has 152 valence electrons. The molecule has 3 aromatic carbocycles. The van der Waals surface area contributed by atoms with Crippen LogP contribution in [0.25, 0.3) is 21.9 Å². The monoisotopic (exact) mass is 397 g/mol. The lowest BCUT2D eigenvalue weighted by Gasteiger charge is -2.21. The van der Waals surface area contributed by atoms with E-state index < -0.39 is 0 Å². The van der Waals surface area contributed by atoms with Gasteiger partial charge in [-0.25, -0.2) is 0 Å². The van der Waals surface area contributed by atoms with Crippen LogP contribution in [0.5, 0.6) is 5.75 Å². The van der Waals surface area contributed by atoms with Crippen LogP contribution in [-0.2, 0) is 13.1 Å². The summed E-state index contributed by atoms with van der Waals surface area (Å²) in [5.74, 6) is 0.141. The van der Waals surface area contributed by atoms with Crippen LogP contribution in [0.15, 0.2) is 72.9 Å². The summed E-state index contributed by atoms with van der Waals surface area (Å²) in [6.07, 6.45) is 1.49. The highest BCUT2D eigenvalue weighted by molar-refractivity contribution is 5.99. The first-order valence-corrected chi connectivity index (χ1v) is 10.3. The minimum Gasteiger partial charge on any atom is -0.506 e. The van der Waals surface area contributed by atoms with Crippen molar-refractivity contribution in [2.24, 2.45) is 5.73 Å². The van der Waals surface area contributed by atoms with Crippen LogP contribution in [0, 0.1) is 6.92 Å². The number of fused-ring (bicyclic) bond motifs is 1. The molecule has 0 aliphatic rings. The normalized spacial score (nSPS) is 12.2. The Morgan fingerprint density at radius 1 is 0.967 bits per heavy atom. The van der Waals surface area contributed by atoms with E-state index in [1.54, 1.807) is 0 Å². The van der Waals surface area contributed by atoms with E-state index in [4.69, 9.17) is 5.73 Å². The molecule has 0 saturated carbocycles. The minimum absolute atomic E-state index is 0.141. The molecule has 1 heterocycles. The Kier molecular flexibility index (Phi) is 5.79. The summed E-state index contributed by atoms with van der Waals surface area (Å²) < 4.78 is 0. The summed E-state index contributed by atoms with van der Waals surface area (Å²) in [6.45, 7) is 5.08. The van der Waals surface area contributed by atoms with Crippen molar-refractivity contribution in [3.63, 3.8) is 0 Å². The topological polar surface area (TPSA) is 71.2 Å². The van der Waals surface area contributed by atoms with Gasteiger partial charge in [-0.2, -0.15) is 0 Å². The number of nitrogens with one attached hydrogen (secondary N) is 1. The highest BCUT2D eigenvalue weighted by Gasteiger charge is 2.19. The van der Waals surface area contributed by atoms with Gasteiger partial charge in [-0.05, 0) is 41.3 Å². The van der Waals surface area contributed by atoms with Crippen LogP contribution in [0.4, 0.5) is 0 Å². The maximum atomic E-state index is 10.4.